The Bertz CT molecular complexity index is 424. The molecule has 0 bridgehead atoms. The molecule has 4 heteroatoms. The summed E-state index contributed by atoms with van der Waals surface area (Å²) in [6.07, 6.45) is 1.70. The number of hydrogen-bond acceptors (Lipinski definition) is 3. The molecule has 0 spiro atoms. The molecule has 0 unspecified atom stereocenters. The van der Waals surface area contributed by atoms with Gasteiger partial charge in [-0.05, 0) is 19.1 Å². The van der Waals surface area contributed by atoms with Crippen molar-refractivity contribution in [2.24, 2.45) is 0 Å². The van der Waals surface area contributed by atoms with E-state index in [0.29, 0.717) is 21.9 Å². The second-order valence-electron chi connectivity index (χ2n) is 2.99. The highest BCUT2D eigenvalue weighted by molar-refractivity contribution is 7.99. The molecule has 0 aromatic carbocycles. The van der Waals surface area contributed by atoms with Crippen molar-refractivity contribution < 1.29 is 4.79 Å². The molecule has 0 aliphatic carbocycles. The molecule has 0 saturated heterocycles. The number of hydrogen-bond donors (Lipinski definition) is 0. The lowest BCUT2D eigenvalue weighted by molar-refractivity contribution is 0.103. The molecule has 14 heavy (non-hydrogen) atoms. The molecule has 1 aliphatic rings. The average molecular weight is 226 g/mol. The summed E-state index contributed by atoms with van der Waals surface area (Å²) in [6, 6.07) is 3.56. The molecule has 1 aliphatic heterocycles. The fourth-order valence-corrected chi connectivity index (χ4v) is 2.62. The van der Waals surface area contributed by atoms with Crippen molar-refractivity contribution >= 4 is 29.1 Å². The maximum Gasteiger partial charge on any atom is 0.193 e. The second kappa shape index (κ2) is 3.75. The van der Waals surface area contributed by atoms with Crippen LogP contribution >= 0.6 is 23.4 Å². The molecular weight excluding hydrogens is 218 g/mol. The number of thioether (sulfide) groups is 1. The minimum absolute atomic E-state index is 0.0133. The van der Waals surface area contributed by atoms with Crippen molar-refractivity contribution in [3.63, 3.8) is 0 Å². The molecule has 1 aromatic heterocycles. The number of aromatic nitrogens is 1. The summed E-state index contributed by atoms with van der Waals surface area (Å²) in [4.78, 5) is 16.0. The highest BCUT2D eigenvalue weighted by atomic mass is 35.5. The number of pyridine rings is 1. The van der Waals surface area contributed by atoms with Gasteiger partial charge in [-0.1, -0.05) is 11.6 Å². The molecule has 2 heterocycles. The van der Waals surface area contributed by atoms with Crippen molar-refractivity contribution in [1.82, 2.24) is 4.98 Å². The van der Waals surface area contributed by atoms with Crippen LogP contribution in [0.1, 0.15) is 17.3 Å². The van der Waals surface area contributed by atoms with E-state index in [1.54, 1.807) is 37.0 Å². The van der Waals surface area contributed by atoms with E-state index in [2.05, 4.69) is 4.98 Å². The fourth-order valence-electron chi connectivity index (χ4n) is 1.30. The topological polar surface area (TPSA) is 30.0 Å². The lowest BCUT2D eigenvalue weighted by Gasteiger charge is -2.15. The van der Waals surface area contributed by atoms with Crippen LogP contribution in [0.2, 0.25) is 0 Å². The SMILES string of the molecule is C/C(Cl)=C1\CSc2ncccc2C1=O. The van der Waals surface area contributed by atoms with E-state index in [1.807, 2.05) is 0 Å². The number of carbonyl (C=O) groups is 1. The predicted octanol–water partition coefficient (Wildman–Crippen LogP) is 2.88. The van der Waals surface area contributed by atoms with Crippen molar-refractivity contribution in [2.45, 2.75) is 11.9 Å². The first kappa shape index (κ1) is 9.74. The van der Waals surface area contributed by atoms with Gasteiger partial charge in [-0.3, -0.25) is 4.79 Å². The predicted molar refractivity (Wildman–Crippen MR) is 57.8 cm³/mol. The Balaban J connectivity index is 2.52. The zero-order valence-corrected chi connectivity index (χ0v) is 9.15. The number of fused-ring (bicyclic) bond motifs is 1. The smallest absolute Gasteiger partial charge is 0.193 e. The van der Waals surface area contributed by atoms with Crippen LogP contribution in [-0.2, 0) is 0 Å². The summed E-state index contributed by atoms with van der Waals surface area (Å²) in [6.45, 7) is 1.75. The molecule has 0 radical (unpaired) electrons. The first-order chi connectivity index (χ1) is 6.70. The van der Waals surface area contributed by atoms with E-state index >= 15 is 0 Å². The van der Waals surface area contributed by atoms with E-state index in [1.165, 1.54) is 0 Å². The Labute approximate surface area is 91.4 Å². The maximum absolute atomic E-state index is 11.9. The quantitative estimate of drug-likeness (QED) is 0.636. The van der Waals surface area contributed by atoms with Crippen LogP contribution in [-0.4, -0.2) is 16.5 Å². The Kier molecular flexibility index (Phi) is 2.61. The third-order valence-electron chi connectivity index (χ3n) is 2.06. The van der Waals surface area contributed by atoms with Crippen LogP contribution in [0.15, 0.2) is 34.0 Å². The summed E-state index contributed by atoms with van der Waals surface area (Å²) >= 11 is 7.40. The first-order valence-electron chi connectivity index (χ1n) is 4.18. The van der Waals surface area contributed by atoms with Gasteiger partial charge in [-0.25, -0.2) is 4.98 Å². The van der Waals surface area contributed by atoms with Crippen molar-refractivity contribution in [1.29, 1.82) is 0 Å². The average Bonchev–Trinajstić information content (AvgIpc) is 2.18. The summed E-state index contributed by atoms with van der Waals surface area (Å²) < 4.78 is 0. The lowest BCUT2D eigenvalue weighted by Crippen LogP contribution is -2.14. The van der Waals surface area contributed by atoms with Gasteiger partial charge in [-0.2, -0.15) is 0 Å². The summed E-state index contributed by atoms with van der Waals surface area (Å²) in [7, 11) is 0. The van der Waals surface area contributed by atoms with Gasteiger partial charge < -0.3 is 0 Å². The zero-order valence-electron chi connectivity index (χ0n) is 7.58. The number of allylic oxidation sites excluding steroid dienone is 1. The number of nitrogens with zero attached hydrogens (tertiary/aromatic N) is 1. The van der Waals surface area contributed by atoms with E-state index in [0.717, 1.165) is 5.03 Å². The van der Waals surface area contributed by atoms with Gasteiger partial charge in [0.15, 0.2) is 5.78 Å². The van der Waals surface area contributed by atoms with Crippen molar-refractivity contribution in [2.75, 3.05) is 5.75 Å². The largest absolute Gasteiger partial charge is 0.289 e. The lowest BCUT2D eigenvalue weighted by atomic mass is 10.1. The Morgan fingerprint density at radius 1 is 1.64 bits per heavy atom. The molecule has 72 valence electrons. The minimum Gasteiger partial charge on any atom is -0.289 e. The summed E-state index contributed by atoms with van der Waals surface area (Å²) in [5, 5.41) is 1.39. The first-order valence-corrected chi connectivity index (χ1v) is 5.54. The molecule has 0 saturated carbocycles. The Morgan fingerprint density at radius 3 is 3.14 bits per heavy atom. The molecular formula is C10H8ClNOS. The van der Waals surface area contributed by atoms with Gasteiger partial charge in [0.2, 0.25) is 0 Å². The van der Waals surface area contributed by atoms with Crippen LogP contribution in [0.3, 0.4) is 0 Å². The number of halogens is 1. The van der Waals surface area contributed by atoms with E-state index < -0.39 is 0 Å². The number of ketones is 1. The monoisotopic (exact) mass is 225 g/mol. The van der Waals surface area contributed by atoms with Gasteiger partial charge in [0, 0.05) is 22.6 Å². The van der Waals surface area contributed by atoms with Crippen LogP contribution in [0.4, 0.5) is 0 Å². The normalized spacial score (nSPS) is 19.1. The van der Waals surface area contributed by atoms with Crippen LogP contribution in [0, 0.1) is 0 Å². The van der Waals surface area contributed by atoms with Gasteiger partial charge in [-0.15, -0.1) is 11.8 Å². The molecule has 2 rings (SSSR count). The number of carbonyl (C=O) groups excluding carboxylic acids is 1. The highest BCUT2D eigenvalue weighted by Crippen LogP contribution is 2.32. The van der Waals surface area contributed by atoms with Gasteiger partial charge >= 0.3 is 0 Å². The highest BCUT2D eigenvalue weighted by Gasteiger charge is 2.24. The number of rotatable bonds is 0. The fraction of sp³-hybridized carbons (Fsp3) is 0.200. The summed E-state index contributed by atoms with van der Waals surface area (Å²) in [5.41, 5.74) is 1.36. The zero-order chi connectivity index (χ0) is 10.1. The molecule has 0 N–H and O–H groups in total. The van der Waals surface area contributed by atoms with Crippen molar-refractivity contribution in [3.05, 3.63) is 34.5 Å². The van der Waals surface area contributed by atoms with Crippen molar-refractivity contribution in [3.8, 4) is 0 Å². The van der Waals surface area contributed by atoms with E-state index in [9.17, 15) is 4.79 Å². The molecule has 2 nitrogen and oxygen atoms in total. The van der Waals surface area contributed by atoms with E-state index in [4.69, 9.17) is 11.6 Å². The molecule has 0 amide bonds. The molecule has 0 fully saturated rings. The minimum atomic E-state index is 0.0133. The van der Waals surface area contributed by atoms with Crippen LogP contribution < -0.4 is 0 Å². The van der Waals surface area contributed by atoms with Crippen LogP contribution in [0.5, 0.6) is 0 Å². The Morgan fingerprint density at radius 2 is 2.43 bits per heavy atom. The second-order valence-corrected chi connectivity index (χ2v) is 4.52. The maximum atomic E-state index is 11.9. The number of Topliss-reactive ketones (excluding diaryl/α,β-unsaturated/α-hetero) is 1. The van der Waals surface area contributed by atoms with Gasteiger partial charge in [0.05, 0.1) is 5.56 Å². The van der Waals surface area contributed by atoms with Gasteiger partial charge in [0.25, 0.3) is 0 Å². The van der Waals surface area contributed by atoms with E-state index in [-0.39, 0.29) is 5.78 Å². The molecule has 0 atom stereocenters. The standard InChI is InChI=1S/C10H8ClNOS/c1-6(11)8-5-14-10-7(9(8)13)3-2-4-12-10/h2-4H,5H2,1H3/b8-6-. The van der Waals surface area contributed by atoms with Crippen LogP contribution in [0.25, 0.3) is 0 Å². The third kappa shape index (κ3) is 1.57. The van der Waals surface area contributed by atoms with Gasteiger partial charge in [0.1, 0.15) is 5.03 Å². The summed E-state index contributed by atoms with van der Waals surface area (Å²) in [5.74, 6) is 0.636. The third-order valence-corrected chi connectivity index (χ3v) is 3.32. The molecule has 1 aromatic rings. The Hall–Kier alpha value is -0.800.